The molecule has 1 aliphatic rings. The maximum absolute atomic E-state index is 12.7. The van der Waals surface area contributed by atoms with Crippen LogP contribution in [0.25, 0.3) is 0 Å². The summed E-state index contributed by atoms with van der Waals surface area (Å²) < 4.78 is 44.9. The van der Waals surface area contributed by atoms with Crippen molar-refractivity contribution in [2.45, 2.75) is 44.1 Å². The smallest absolute Gasteiger partial charge is 0.471 e. The molecule has 2 amide bonds. The second-order valence-corrected chi connectivity index (χ2v) is 8.66. The summed E-state index contributed by atoms with van der Waals surface area (Å²) in [5, 5.41) is 8.07. The molecule has 11 heteroatoms. The minimum absolute atomic E-state index is 0.0313. The van der Waals surface area contributed by atoms with E-state index in [1.54, 1.807) is 24.3 Å². The summed E-state index contributed by atoms with van der Waals surface area (Å²) in [5.41, 5.74) is 0.756. The quantitative estimate of drug-likeness (QED) is 0.511. The second-order valence-electron chi connectivity index (χ2n) is 7.75. The summed E-state index contributed by atoms with van der Waals surface area (Å²) in [6.45, 7) is 3.05. The molecule has 1 saturated heterocycles. The van der Waals surface area contributed by atoms with Crippen LogP contribution >= 0.6 is 15.9 Å². The van der Waals surface area contributed by atoms with Crippen LogP contribution < -0.4 is 20.7 Å². The van der Waals surface area contributed by atoms with Gasteiger partial charge in [-0.1, -0.05) is 28.1 Å². The van der Waals surface area contributed by atoms with Crippen molar-refractivity contribution < 1.29 is 27.5 Å². The van der Waals surface area contributed by atoms with E-state index in [4.69, 9.17) is 4.74 Å². The van der Waals surface area contributed by atoms with Crippen molar-refractivity contribution in [3.05, 3.63) is 58.3 Å². The molecule has 1 aliphatic heterocycles. The molecule has 178 valence electrons. The van der Waals surface area contributed by atoms with Crippen molar-refractivity contribution in [1.82, 2.24) is 20.9 Å². The van der Waals surface area contributed by atoms with Gasteiger partial charge in [0.05, 0.1) is 12.2 Å². The molecule has 0 radical (unpaired) electrons. The van der Waals surface area contributed by atoms with E-state index in [1.165, 1.54) is 25.3 Å². The van der Waals surface area contributed by atoms with E-state index in [1.807, 2.05) is 5.32 Å². The summed E-state index contributed by atoms with van der Waals surface area (Å²) in [6.07, 6.45) is -2.75. The van der Waals surface area contributed by atoms with Crippen LogP contribution in [-0.2, 0) is 4.79 Å². The first-order valence-electron chi connectivity index (χ1n) is 10.4. The Balaban J connectivity index is 1.72. The number of pyridine rings is 1. The van der Waals surface area contributed by atoms with Gasteiger partial charge in [-0.25, -0.2) is 4.98 Å². The first-order valence-corrected chi connectivity index (χ1v) is 11.2. The Kier molecular flexibility index (Phi) is 8.30. The lowest BCUT2D eigenvalue weighted by Gasteiger charge is -2.27. The molecule has 0 aliphatic carbocycles. The lowest BCUT2D eigenvalue weighted by atomic mass is 10.0. The summed E-state index contributed by atoms with van der Waals surface area (Å²) in [5.74, 6) is -2.12. The molecule has 3 atom stereocenters. The number of alkyl halides is 3. The van der Waals surface area contributed by atoms with Crippen LogP contribution in [0.1, 0.15) is 41.9 Å². The van der Waals surface area contributed by atoms with E-state index in [-0.39, 0.29) is 23.4 Å². The Labute approximate surface area is 197 Å². The van der Waals surface area contributed by atoms with Gasteiger partial charge in [0.2, 0.25) is 0 Å². The van der Waals surface area contributed by atoms with Gasteiger partial charge in [-0.2, -0.15) is 13.2 Å². The fourth-order valence-corrected chi connectivity index (χ4v) is 3.71. The maximum Gasteiger partial charge on any atom is 0.471 e. The molecule has 1 fully saturated rings. The highest BCUT2D eigenvalue weighted by atomic mass is 79.9. The Morgan fingerprint density at radius 3 is 2.52 bits per heavy atom. The fraction of sp³-hybridized carbons (Fsp3) is 0.409. The van der Waals surface area contributed by atoms with Crippen molar-refractivity contribution in [3.8, 4) is 5.75 Å². The van der Waals surface area contributed by atoms with E-state index in [0.29, 0.717) is 12.1 Å². The molecule has 0 saturated carbocycles. The van der Waals surface area contributed by atoms with E-state index < -0.39 is 24.2 Å². The molecule has 1 aromatic carbocycles. The number of piperidine rings is 1. The molecular formula is C22H24BrF3N4O3. The highest BCUT2D eigenvalue weighted by Crippen LogP contribution is 2.27. The van der Waals surface area contributed by atoms with Crippen molar-refractivity contribution in [3.63, 3.8) is 0 Å². The summed E-state index contributed by atoms with van der Waals surface area (Å²) in [7, 11) is 0. The number of amides is 2. The van der Waals surface area contributed by atoms with Gasteiger partial charge in [-0.05, 0) is 56.1 Å². The van der Waals surface area contributed by atoms with Gasteiger partial charge in [-0.3, -0.25) is 9.59 Å². The number of ether oxygens (including phenoxy) is 1. The van der Waals surface area contributed by atoms with Crippen molar-refractivity contribution in [1.29, 1.82) is 0 Å². The number of hydrogen-bond donors (Lipinski definition) is 3. The number of aromatic nitrogens is 1. The zero-order valence-corrected chi connectivity index (χ0v) is 19.4. The van der Waals surface area contributed by atoms with E-state index in [2.05, 4.69) is 31.5 Å². The SMILES string of the molecule is CC(NC(=O)C(F)(F)F)C(Oc1ccc(C(=O)N[C@H]2CCCNC2)nc1)c1ccc(Br)cc1. The van der Waals surface area contributed by atoms with Crippen LogP contribution in [0.4, 0.5) is 13.2 Å². The molecule has 0 spiro atoms. The Morgan fingerprint density at radius 2 is 1.94 bits per heavy atom. The molecule has 33 heavy (non-hydrogen) atoms. The first-order chi connectivity index (χ1) is 15.6. The van der Waals surface area contributed by atoms with E-state index in [9.17, 15) is 22.8 Å². The lowest BCUT2D eigenvalue weighted by molar-refractivity contribution is -0.174. The molecule has 2 unspecified atom stereocenters. The Morgan fingerprint density at radius 1 is 1.21 bits per heavy atom. The highest BCUT2D eigenvalue weighted by Gasteiger charge is 2.40. The van der Waals surface area contributed by atoms with Crippen molar-refractivity contribution in [2.75, 3.05) is 13.1 Å². The van der Waals surface area contributed by atoms with Gasteiger partial charge >= 0.3 is 12.1 Å². The van der Waals surface area contributed by atoms with Crippen LogP contribution in [-0.4, -0.2) is 48.1 Å². The van der Waals surface area contributed by atoms with Gasteiger partial charge in [0.25, 0.3) is 5.91 Å². The minimum Gasteiger partial charge on any atom is -0.482 e. The van der Waals surface area contributed by atoms with Crippen LogP contribution in [0.3, 0.4) is 0 Å². The topological polar surface area (TPSA) is 92.3 Å². The molecule has 0 bridgehead atoms. The summed E-state index contributed by atoms with van der Waals surface area (Å²) in [4.78, 5) is 28.0. The van der Waals surface area contributed by atoms with Gasteiger partial charge in [0.15, 0.2) is 0 Å². The number of benzene rings is 1. The van der Waals surface area contributed by atoms with E-state index >= 15 is 0 Å². The fourth-order valence-electron chi connectivity index (χ4n) is 3.44. The zero-order valence-electron chi connectivity index (χ0n) is 17.8. The molecule has 3 N–H and O–H groups in total. The minimum atomic E-state index is -5.01. The lowest BCUT2D eigenvalue weighted by Crippen LogP contribution is -2.45. The third-order valence-electron chi connectivity index (χ3n) is 5.13. The third kappa shape index (κ3) is 7.16. The number of carbonyl (C=O) groups excluding carboxylic acids is 2. The number of rotatable bonds is 7. The van der Waals surface area contributed by atoms with Gasteiger partial charge in [0, 0.05) is 17.1 Å². The normalized spacial score (nSPS) is 18.2. The van der Waals surface area contributed by atoms with Crippen LogP contribution in [0.2, 0.25) is 0 Å². The molecule has 7 nitrogen and oxygen atoms in total. The van der Waals surface area contributed by atoms with Gasteiger partial charge in [-0.15, -0.1) is 0 Å². The van der Waals surface area contributed by atoms with Crippen molar-refractivity contribution in [2.24, 2.45) is 0 Å². The summed E-state index contributed by atoms with van der Waals surface area (Å²) >= 11 is 3.31. The van der Waals surface area contributed by atoms with Gasteiger partial charge < -0.3 is 20.7 Å². The third-order valence-corrected chi connectivity index (χ3v) is 5.66. The number of carbonyl (C=O) groups is 2. The molecule has 1 aromatic heterocycles. The van der Waals surface area contributed by atoms with Crippen LogP contribution in [0.15, 0.2) is 47.1 Å². The predicted molar refractivity (Wildman–Crippen MR) is 119 cm³/mol. The largest absolute Gasteiger partial charge is 0.482 e. The zero-order chi connectivity index (χ0) is 24.0. The van der Waals surface area contributed by atoms with Crippen LogP contribution in [0.5, 0.6) is 5.75 Å². The Hall–Kier alpha value is -2.66. The first kappa shape index (κ1) is 25.0. The van der Waals surface area contributed by atoms with Crippen LogP contribution in [0, 0.1) is 0 Å². The molecular weight excluding hydrogens is 505 g/mol. The number of nitrogens with one attached hydrogen (secondary N) is 3. The van der Waals surface area contributed by atoms with E-state index in [0.717, 1.165) is 23.9 Å². The summed E-state index contributed by atoms with van der Waals surface area (Å²) in [6, 6.07) is 8.82. The molecule has 2 aromatic rings. The molecule has 2 heterocycles. The standard InChI is InChI=1S/C22H24BrF3N4O3/c1-13(29-21(32)22(24,25)26)19(14-4-6-15(23)7-5-14)33-17-8-9-18(28-12-17)20(31)30-16-3-2-10-27-11-16/h4-9,12-13,16,19,27H,2-3,10-11H2,1H3,(H,29,32)(H,30,31)/t13?,16-,19?/m0/s1. The second kappa shape index (κ2) is 11.0. The highest BCUT2D eigenvalue weighted by molar-refractivity contribution is 9.10. The van der Waals surface area contributed by atoms with Crippen molar-refractivity contribution >= 4 is 27.7 Å². The average Bonchev–Trinajstić information content (AvgIpc) is 2.78. The van der Waals surface area contributed by atoms with Gasteiger partial charge in [0.1, 0.15) is 17.5 Å². The average molecular weight is 529 g/mol. The maximum atomic E-state index is 12.7. The molecule has 3 rings (SSSR count). The number of hydrogen-bond acceptors (Lipinski definition) is 5. The number of halogens is 4. The monoisotopic (exact) mass is 528 g/mol. The number of nitrogens with zero attached hydrogens (tertiary/aromatic N) is 1. The Bertz CT molecular complexity index is 949. The predicted octanol–water partition coefficient (Wildman–Crippen LogP) is 3.51.